The molecule has 2 heterocycles. The standard InChI is InChI=1S/C14H14N3.Ir/c1-11-7-8-15-14(9-11)17-10-16(2)12-5-3-4-6-13(12)17;/h3-10H,1-2H3;/q-1;. The van der Waals surface area contributed by atoms with E-state index in [4.69, 9.17) is 0 Å². The SMILES string of the molecule is Cc1ccnc(N2[CH-]N(C)c3ccccc32)c1.[Ir]. The number of para-hydroxylation sites is 2. The Hall–Kier alpha value is -1.38. The van der Waals surface area contributed by atoms with Gasteiger partial charge in [-0.25, -0.2) is 4.98 Å². The summed E-state index contributed by atoms with van der Waals surface area (Å²) in [6.07, 6.45) is 1.85. The second-order valence-electron chi connectivity index (χ2n) is 4.28. The molecule has 0 amide bonds. The van der Waals surface area contributed by atoms with Crippen LogP contribution in [-0.2, 0) is 20.1 Å². The number of hydrogen-bond donors (Lipinski definition) is 0. The van der Waals surface area contributed by atoms with Gasteiger partial charge in [0.2, 0.25) is 0 Å². The molecule has 0 saturated heterocycles. The van der Waals surface area contributed by atoms with E-state index >= 15 is 0 Å². The summed E-state index contributed by atoms with van der Waals surface area (Å²) < 4.78 is 0. The van der Waals surface area contributed by atoms with Crippen LogP contribution in [0.4, 0.5) is 17.2 Å². The van der Waals surface area contributed by atoms with Gasteiger partial charge < -0.3 is 9.80 Å². The third-order valence-corrected chi connectivity index (χ3v) is 2.96. The number of aryl methyl sites for hydroxylation is 1. The number of fused-ring (bicyclic) bond motifs is 1. The Morgan fingerprint density at radius 3 is 2.56 bits per heavy atom. The van der Waals surface area contributed by atoms with Gasteiger partial charge in [-0.3, -0.25) is 0 Å². The van der Waals surface area contributed by atoms with Gasteiger partial charge in [-0.15, -0.1) is 6.67 Å². The molecule has 1 aliphatic heterocycles. The quantitative estimate of drug-likeness (QED) is 0.666. The van der Waals surface area contributed by atoms with Gasteiger partial charge >= 0.3 is 0 Å². The van der Waals surface area contributed by atoms with Crippen LogP contribution in [0.2, 0.25) is 0 Å². The Balaban J connectivity index is 0.00000120. The Labute approximate surface area is 121 Å². The molecule has 0 N–H and O–H groups in total. The normalized spacial score (nSPS) is 13.2. The minimum atomic E-state index is 0. The fraction of sp³-hybridized carbons (Fsp3) is 0.143. The van der Waals surface area contributed by atoms with E-state index in [-0.39, 0.29) is 20.1 Å². The predicted molar refractivity (Wildman–Crippen MR) is 70.3 cm³/mol. The van der Waals surface area contributed by atoms with E-state index in [0.717, 1.165) is 5.82 Å². The minimum absolute atomic E-state index is 0. The van der Waals surface area contributed by atoms with Gasteiger partial charge in [-0.05, 0) is 43.8 Å². The first-order valence-corrected chi connectivity index (χ1v) is 5.64. The average Bonchev–Trinajstić information content (AvgIpc) is 2.68. The summed E-state index contributed by atoms with van der Waals surface area (Å²) in [5, 5.41) is 0. The Morgan fingerprint density at radius 2 is 1.83 bits per heavy atom. The summed E-state index contributed by atoms with van der Waals surface area (Å²) in [4.78, 5) is 8.65. The first-order valence-electron chi connectivity index (χ1n) is 5.64. The van der Waals surface area contributed by atoms with Crippen molar-refractivity contribution < 1.29 is 20.1 Å². The van der Waals surface area contributed by atoms with Gasteiger partial charge in [0.15, 0.2) is 0 Å². The number of benzene rings is 1. The van der Waals surface area contributed by atoms with Crippen molar-refractivity contribution in [1.29, 1.82) is 0 Å². The molecule has 0 fully saturated rings. The van der Waals surface area contributed by atoms with Gasteiger partial charge in [0.05, 0.1) is 0 Å². The predicted octanol–water partition coefficient (Wildman–Crippen LogP) is 3.09. The Kier molecular flexibility index (Phi) is 3.69. The smallest absolute Gasteiger partial charge is 0.105 e. The van der Waals surface area contributed by atoms with Crippen LogP contribution in [0.5, 0.6) is 0 Å². The minimum Gasteiger partial charge on any atom is -0.504 e. The van der Waals surface area contributed by atoms with Crippen LogP contribution in [0.25, 0.3) is 0 Å². The van der Waals surface area contributed by atoms with Gasteiger partial charge in [0, 0.05) is 37.7 Å². The second kappa shape index (κ2) is 5.09. The number of rotatable bonds is 1. The molecule has 1 aromatic heterocycles. The van der Waals surface area contributed by atoms with E-state index in [9.17, 15) is 0 Å². The number of aromatic nitrogens is 1. The molecule has 2 aromatic rings. The van der Waals surface area contributed by atoms with Gasteiger partial charge in [-0.2, -0.15) is 0 Å². The molecular weight excluding hydrogens is 402 g/mol. The number of pyridine rings is 1. The van der Waals surface area contributed by atoms with Crippen molar-refractivity contribution in [3.05, 3.63) is 54.8 Å². The first kappa shape index (κ1) is 13.1. The van der Waals surface area contributed by atoms with E-state index in [1.54, 1.807) is 0 Å². The zero-order valence-corrected chi connectivity index (χ0v) is 12.7. The van der Waals surface area contributed by atoms with Crippen molar-refractivity contribution in [1.82, 2.24) is 4.98 Å². The van der Waals surface area contributed by atoms with E-state index in [1.807, 2.05) is 12.3 Å². The molecule has 18 heavy (non-hydrogen) atoms. The topological polar surface area (TPSA) is 19.4 Å². The van der Waals surface area contributed by atoms with Crippen molar-refractivity contribution in [3.8, 4) is 0 Å². The van der Waals surface area contributed by atoms with Crippen molar-refractivity contribution >= 4 is 17.2 Å². The summed E-state index contributed by atoms with van der Waals surface area (Å²) in [6, 6.07) is 12.4. The number of anilines is 3. The molecule has 0 saturated carbocycles. The third kappa shape index (κ3) is 2.14. The van der Waals surface area contributed by atoms with Crippen LogP contribution in [0.1, 0.15) is 5.56 Å². The van der Waals surface area contributed by atoms with Crippen molar-refractivity contribution in [2.75, 3.05) is 16.8 Å². The maximum atomic E-state index is 4.42. The molecule has 0 bridgehead atoms. The van der Waals surface area contributed by atoms with Crippen LogP contribution in [0.3, 0.4) is 0 Å². The van der Waals surface area contributed by atoms with E-state index in [1.165, 1.54) is 16.9 Å². The van der Waals surface area contributed by atoms with Gasteiger partial charge in [0.1, 0.15) is 5.82 Å². The monoisotopic (exact) mass is 417 g/mol. The molecule has 0 aliphatic carbocycles. The maximum absolute atomic E-state index is 4.42. The largest absolute Gasteiger partial charge is 0.504 e. The summed E-state index contributed by atoms with van der Waals surface area (Å²) in [5.74, 6) is 0.960. The van der Waals surface area contributed by atoms with Crippen molar-refractivity contribution in [3.63, 3.8) is 0 Å². The zero-order valence-electron chi connectivity index (χ0n) is 10.3. The number of nitrogens with zero attached hydrogens (tertiary/aromatic N) is 3. The molecule has 0 spiro atoms. The van der Waals surface area contributed by atoms with Crippen LogP contribution in [0, 0.1) is 13.6 Å². The molecule has 0 atom stereocenters. The third-order valence-electron chi connectivity index (χ3n) is 2.96. The van der Waals surface area contributed by atoms with Crippen LogP contribution in [0.15, 0.2) is 42.6 Å². The molecule has 3 rings (SSSR count). The van der Waals surface area contributed by atoms with Crippen molar-refractivity contribution in [2.24, 2.45) is 0 Å². The average molecular weight is 417 g/mol. The summed E-state index contributed by atoms with van der Waals surface area (Å²) in [5.41, 5.74) is 3.60. The van der Waals surface area contributed by atoms with E-state index < -0.39 is 0 Å². The molecule has 1 aliphatic rings. The summed E-state index contributed by atoms with van der Waals surface area (Å²) in [7, 11) is 2.05. The zero-order chi connectivity index (χ0) is 11.8. The molecule has 95 valence electrons. The molecule has 1 radical (unpaired) electrons. The molecule has 4 heteroatoms. The molecule has 3 nitrogen and oxygen atoms in total. The van der Waals surface area contributed by atoms with Crippen LogP contribution < -0.4 is 9.80 Å². The van der Waals surface area contributed by atoms with E-state index in [0.29, 0.717) is 0 Å². The Bertz CT molecular complexity index is 556. The summed E-state index contributed by atoms with van der Waals surface area (Å²) in [6.45, 7) is 4.14. The number of hydrogen-bond acceptors (Lipinski definition) is 3. The first-order chi connectivity index (χ1) is 8.25. The fourth-order valence-electron chi connectivity index (χ4n) is 2.10. The second-order valence-corrected chi connectivity index (χ2v) is 4.28. The van der Waals surface area contributed by atoms with Gasteiger partial charge in [0.25, 0.3) is 0 Å². The van der Waals surface area contributed by atoms with Crippen LogP contribution >= 0.6 is 0 Å². The van der Waals surface area contributed by atoms with E-state index in [2.05, 4.69) is 65.8 Å². The van der Waals surface area contributed by atoms with Crippen molar-refractivity contribution in [2.45, 2.75) is 6.92 Å². The maximum Gasteiger partial charge on any atom is 0.105 e. The molecule has 1 aromatic carbocycles. The van der Waals surface area contributed by atoms with Crippen LogP contribution in [-0.4, -0.2) is 12.0 Å². The summed E-state index contributed by atoms with van der Waals surface area (Å²) >= 11 is 0. The fourth-order valence-corrected chi connectivity index (χ4v) is 2.10. The molecule has 0 unspecified atom stereocenters. The van der Waals surface area contributed by atoms with Gasteiger partial charge in [-0.1, -0.05) is 12.1 Å². The Morgan fingerprint density at radius 1 is 1.11 bits per heavy atom. The molecular formula is C14H14IrN3-.